The van der Waals surface area contributed by atoms with E-state index in [4.69, 9.17) is 0 Å². The van der Waals surface area contributed by atoms with E-state index in [9.17, 15) is 9.90 Å². The molecule has 144 valence electrons. The molecule has 28 heavy (non-hydrogen) atoms. The van der Waals surface area contributed by atoms with Crippen molar-refractivity contribution < 1.29 is 9.90 Å². The van der Waals surface area contributed by atoms with Gasteiger partial charge in [-0.1, -0.05) is 48.5 Å². The number of para-hydroxylation sites is 1. The van der Waals surface area contributed by atoms with Crippen LogP contribution in [0, 0.1) is 11.8 Å². The number of nitrogens with zero attached hydrogens (tertiary/aromatic N) is 2. The highest BCUT2D eigenvalue weighted by molar-refractivity contribution is 5.87. The Bertz CT molecular complexity index is 999. The number of carbonyl (C=O) groups excluding carboxylic acids is 1. The Morgan fingerprint density at radius 1 is 1.14 bits per heavy atom. The highest BCUT2D eigenvalue weighted by Gasteiger charge is 2.50. The van der Waals surface area contributed by atoms with Gasteiger partial charge in [-0.25, -0.2) is 0 Å². The first-order chi connectivity index (χ1) is 13.6. The Labute approximate surface area is 164 Å². The molecule has 1 saturated heterocycles. The fourth-order valence-electron chi connectivity index (χ4n) is 5.22. The second-order valence-electron chi connectivity index (χ2n) is 8.24. The third-order valence-electron chi connectivity index (χ3n) is 6.68. The molecule has 2 aliphatic rings. The Morgan fingerprint density at radius 3 is 2.79 bits per heavy atom. The topological polar surface area (TPSA) is 69.2 Å². The molecule has 5 nitrogen and oxygen atoms in total. The fraction of sp³-hybridized carbons (Fsp3) is 0.391. The zero-order chi connectivity index (χ0) is 19.1. The summed E-state index contributed by atoms with van der Waals surface area (Å²) >= 11 is 0. The van der Waals surface area contributed by atoms with Crippen molar-refractivity contribution in [3.8, 4) is 0 Å². The van der Waals surface area contributed by atoms with Gasteiger partial charge in [0.15, 0.2) is 0 Å². The van der Waals surface area contributed by atoms with Gasteiger partial charge in [-0.05, 0) is 36.8 Å². The maximum Gasteiger partial charge on any atom is 0.228 e. The van der Waals surface area contributed by atoms with E-state index in [0.29, 0.717) is 18.9 Å². The lowest BCUT2D eigenvalue weighted by molar-refractivity contribution is -0.130. The molecule has 2 fully saturated rings. The third-order valence-corrected chi connectivity index (χ3v) is 6.68. The van der Waals surface area contributed by atoms with Crippen LogP contribution < -0.4 is 0 Å². The van der Waals surface area contributed by atoms with E-state index in [-0.39, 0.29) is 11.8 Å². The maximum atomic E-state index is 13.0. The number of hydrogen-bond acceptors (Lipinski definition) is 3. The number of carbonyl (C=O) groups is 1. The third kappa shape index (κ3) is 2.81. The molecule has 3 unspecified atom stereocenters. The summed E-state index contributed by atoms with van der Waals surface area (Å²) in [6.07, 6.45) is 3.17. The van der Waals surface area contributed by atoms with Crippen LogP contribution in [0.15, 0.2) is 54.6 Å². The van der Waals surface area contributed by atoms with Gasteiger partial charge < -0.3 is 10.0 Å². The fourth-order valence-corrected chi connectivity index (χ4v) is 5.22. The van der Waals surface area contributed by atoms with Gasteiger partial charge in [0.1, 0.15) is 0 Å². The molecule has 5 rings (SSSR count). The van der Waals surface area contributed by atoms with E-state index in [2.05, 4.69) is 10.2 Å². The summed E-state index contributed by atoms with van der Waals surface area (Å²) in [7, 11) is 0. The summed E-state index contributed by atoms with van der Waals surface area (Å²) in [6.45, 7) is 1.37. The largest absolute Gasteiger partial charge is 0.385 e. The highest BCUT2D eigenvalue weighted by Crippen LogP contribution is 2.48. The lowest BCUT2D eigenvalue weighted by atomic mass is 9.67. The first kappa shape index (κ1) is 17.4. The van der Waals surface area contributed by atoms with Gasteiger partial charge >= 0.3 is 0 Å². The molecule has 1 saturated carbocycles. The molecular formula is C23H25N3O2. The average Bonchev–Trinajstić information content (AvgIpc) is 3.34. The van der Waals surface area contributed by atoms with Crippen molar-refractivity contribution in [2.75, 3.05) is 13.1 Å². The number of H-pyrrole nitrogens is 1. The second-order valence-corrected chi connectivity index (χ2v) is 8.24. The van der Waals surface area contributed by atoms with Crippen LogP contribution in [0.2, 0.25) is 0 Å². The van der Waals surface area contributed by atoms with Gasteiger partial charge in [-0.3, -0.25) is 9.89 Å². The molecule has 5 heteroatoms. The number of hydrogen-bond donors (Lipinski definition) is 2. The molecule has 0 radical (unpaired) electrons. The molecular weight excluding hydrogens is 350 g/mol. The van der Waals surface area contributed by atoms with Crippen LogP contribution >= 0.6 is 0 Å². The van der Waals surface area contributed by atoms with Gasteiger partial charge in [-0.2, -0.15) is 5.10 Å². The van der Waals surface area contributed by atoms with E-state index < -0.39 is 5.60 Å². The first-order valence-electron chi connectivity index (χ1n) is 10.1. The van der Waals surface area contributed by atoms with Crippen molar-refractivity contribution in [3.05, 3.63) is 65.9 Å². The van der Waals surface area contributed by atoms with Crippen molar-refractivity contribution >= 4 is 16.8 Å². The minimum Gasteiger partial charge on any atom is -0.385 e. The second kappa shape index (κ2) is 6.74. The molecule has 1 aromatic heterocycles. The van der Waals surface area contributed by atoms with E-state index in [0.717, 1.165) is 48.0 Å². The standard InChI is InChI=1S/C23H25N3O2/c27-22(13-21-18-10-4-5-11-20(18)24-25-21)26-14-16-7-6-12-23(28,19(16)15-26)17-8-2-1-3-9-17/h1-5,8-11,16,19,28H,6-7,12-15H2,(H,24,25). The van der Waals surface area contributed by atoms with Crippen molar-refractivity contribution in [1.29, 1.82) is 0 Å². The Morgan fingerprint density at radius 2 is 1.93 bits per heavy atom. The number of likely N-dealkylation sites (tertiary alicyclic amines) is 1. The summed E-state index contributed by atoms with van der Waals surface area (Å²) < 4.78 is 0. The van der Waals surface area contributed by atoms with Crippen LogP contribution in [0.25, 0.3) is 10.9 Å². The molecule has 2 heterocycles. The van der Waals surface area contributed by atoms with Crippen molar-refractivity contribution in [1.82, 2.24) is 15.1 Å². The predicted octanol–water partition coefficient (Wildman–Crippen LogP) is 3.25. The number of aromatic nitrogens is 2. The number of rotatable bonds is 3. The molecule has 3 atom stereocenters. The average molecular weight is 375 g/mol. The zero-order valence-corrected chi connectivity index (χ0v) is 15.8. The molecule has 0 bridgehead atoms. The van der Waals surface area contributed by atoms with Crippen LogP contribution in [0.4, 0.5) is 0 Å². The van der Waals surface area contributed by atoms with E-state index >= 15 is 0 Å². The summed E-state index contributed by atoms with van der Waals surface area (Å²) in [4.78, 5) is 15.0. The van der Waals surface area contributed by atoms with Crippen molar-refractivity contribution in [3.63, 3.8) is 0 Å². The van der Waals surface area contributed by atoms with Crippen LogP contribution in [0.1, 0.15) is 30.5 Å². The van der Waals surface area contributed by atoms with Gasteiger partial charge in [-0.15, -0.1) is 0 Å². The van der Waals surface area contributed by atoms with Crippen LogP contribution in [-0.4, -0.2) is 39.2 Å². The normalized spacial score (nSPS) is 27.1. The monoisotopic (exact) mass is 375 g/mol. The first-order valence-corrected chi connectivity index (χ1v) is 10.1. The Hall–Kier alpha value is -2.66. The van der Waals surface area contributed by atoms with Crippen LogP contribution in [0.3, 0.4) is 0 Å². The summed E-state index contributed by atoms with van der Waals surface area (Å²) in [5, 5.41) is 19.9. The molecule has 2 N–H and O–H groups in total. The van der Waals surface area contributed by atoms with Crippen molar-refractivity contribution in [2.24, 2.45) is 11.8 Å². The van der Waals surface area contributed by atoms with E-state index in [1.54, 1.807) is 0 Å². The number of amides is 1. The SMILES string of the molecule is O=C(Cc1[nH]nc2ccccc12)N1CC2CCCC(O)(c3ccccc3)C2C1. The Kier molecular flexibility index (Phi) is 4.20. The number of benzene rings is 2. The Balaban J connectivity index is 1.36. The molecule has 2 aromatic carbocycles. The van der Waals surface area contributed by atoms with Crippen molar-refractivity contribution in [2.45, 2.75) is 31.3 Å². The maximum absolute atomic E-state index is 13.0. The van der Waals surface area contributed by atoms with E-state index in [1.807, 2.05) is 59.5 Å². The number of nitrogens with one attached hydrogen (secondary N) is 1. The summed E-state index contributed by atoms with van der Waals surface area (Å²) in [5.41, 5.74) is 1.91. The lowest BCUT2D eigenvalue weighted by Gasteiger charge is -2.41. The predicted molar refractivity (Wildman–Crippen MR) is 108 cm³/mol. The molecule has 1 amide bonds. The van der Waals surface area contributed by atoms with Gasteiger partial charge in [0, 0.05) is 24.4 Å². The molecule has 3 aromatic rings. The smallest absolute Gasteiger partial charge is 0.228 e. The van der Waals surface area contributed by atoms with Gasteiger partial charge in [0.25, 0.3) is 0 Å². The minimum absolute atomic E-state index is 0.103. The summed E-state index contributed by atoms with van der Waals surface area (Å²) in [6, 6.07) is 17.8. The van der Waals surface area contributed by atoms with E-state index in [1.165, 1.54) is 0 Å². The molecule has 0 spiro atoms. The quantitative estimate of drug-likeness (QED) is 0.738. The van der Waals surface area contributed by atoms with Crippen LogP contribution in [-0.2, 0) is 16.8 Å². The zero-order valence-electron chi connectivity index (χ0n) is 15.8. The number of fused-ring (bicyclic) bond motifs is 2. The number of aromatic amines is 1. The number of aliphatic hydroxyl groups is 1. The van der Waals surface area contributed by atoms with Crippen LogP contribution in [0.5, 0.6) is 0 Å². The minimum atomic E-state index is -0.833. The molecule has 1 aliphatic carbocycles. The lowest BCUT2D eigenvalue weighted by Crippen LogP contribution is -2.43. The molecule has 1 aliphatic heterocycles. The van der Waals surface area contributed by atoms with Gasteiger partial charge in [0.05, 0.1) is 23.2 Å². The highest BCUT2D eigenvalue weighted by atomic mass is 16.3. The summed E-state index contributed by atoms with van der Waals surface area (Å²) in [5.74, 6) is 0.576. The van der Waals surface area contributed by atoms with Gasteiger partial charge in [0.2, 0.25) is 5.91 Å².